The molecule has 0 aliphatic carbocycles. The first-order valence-corrected chi connectivity index (χ1v) is 16.9. The molecule has 2 aromatic carbocycles. The monoisotopic (exact) mass is 698 g/mol. The molecule has 0 atom stereocenters. The summed E-state index contributed by atoms with van der Waals surface area (Å²) >= 11 is 6.70. The number of aromatic nitrogens is 3. The van der Waals surface area contributed by atoms with E-state index < -0.39 is 11.4 Å². The van der Waals surface area contributed by atoms with E-state index in [0.717, 1.165) is 38.3 Å². The van der Waals surface area contributed by atoms with E-state index in [0.29, 0.717) is 58.3 Å². The van der Waals surface area contributed by atoms with E-state index in [1.807, 2.05) is 26.0 Å². The van der Waals surface area contributed by atoms with Crippen LogP contribution in [0.1, 0.15) is 26.3 Å². The largest absolute Gasteiger partial charge is 0.497 e. The summed E-state index contributed by atoms with van der Waals surface area (Å²) in [5, 5.41) is 16.6. The van der Waals surface area contributed by atoms with E-state index in [1.54, 1.807) is 54.2 Å². The van der Waals surface area contributed by atoms with Crippen molar-refractivity contribution in [2.24, 2.45) is 0 Å². The van der Waals surface area contributed by atoms with Crippen LogP contribution < -0.4 is 25.7 Å². The molecule has 12 nitrogen and oxygen atoms in total. The smallest absolute Gasteiger partial charge is 0.266 e. The van der Waals surface area contributed by atoms with Gasteiger partial charge in [-0.3, -0.25) is 19.1 Å². The Kier molecular flexibility index (Phi) is 11.4. The number of piperazine rings is 1. The van der Waals surface area contributed by atoms with Crippen molar-refractivity contribution in [1.29, 1.82) is 5.26 Å². The maximum Gasteiger partial charge on any atom is 0.266 e. The summed E-state index contributed by atoms with van der Waals surface area (Å²) < 4.78 is 12.5. The molecule has 13 heteroatoms. The Morgan fingerprint density at radius 2 is 1.80 bits per heavy atom. The second-order valence-electron chi connectivity index (χ2n) is 12.6. The molecular formula is C37H43ClN8O4. The molecule has 0 bridgehead atoms. The zero-order valence-corrected chi connectivity index (χ0v) is 30.1. The number of carbonyl (C=O) groups is 1. The number of nitrogens with zero attached hydrogens (tertiary/aromatic N) is 6. The van der Waals surface area contributed by atoms with Crippen molar-refractivity contribution in [3.63, 3.8) is 0 Å². The predicted octanol–water partition coefficient (Wildman–Crippen LogP) is 5.22. The molecule has 4 aromatic rings. The van der Waals surface area contributed by atoms with Gasteiger partial charge in [0.25, 0.3) is 11.5 Å². The van der Waals surface area contributed by atoms with Gasteiger partial charge in [-0.1, -0.05) is 30.7 Å². The zero-order valence-electron chi connectivity index (χ0n) is 29.3. The van der Waals surface area contributed by atoms with Crippen molar-refractivity contribution in [2.45, 2.75) is 39.3 Å². The summed E-state index contributed by atoms with van der Waals surface area (Å²) in [6.45, 7) is 11.2. The minimum Gasteiger partial charge on any atom is -0.497 e. The summed E-state index contributed by atoms with van der Waals surface area (Å²) in [6, 6.07) is 14.5. The summed E-state index contributed by atoms with van der Waals surface area (Å²) in [7, 11) is 4.75. The Labute approximate surface area is 297 Å². The summed E-state index contributed by atoms with van der Waals surface area (Å²) in [6.07, 6.45) is 3.91. The molecule has 1 amide bonds. The summed E-state index contributed by atoms with van der Waals surface area (Å²) in [5.41, 5.74) is 2.12. The van der Waals surface area contributed by atoms with Gasteiger partial charge in [-0.05, 0) is 62.7 Å². The number of hydrogen-bond acceptors (Lipinski definition) is 10. The number of methoxy groups -OCH3 is 2. The summed E-state index contributed by atoms with van der Waals surface area (Å²) in [5.74, 6) is 0.802. The van der Waals surface area contributed by atoms with Crippen molar-refractivity contribution in [2.75, 3.05) is 64.6 Å². The lowest BCUT2D eigenvalue weighted by atomic mass is 9.97. The topological polar surface area (TPSA) is 138 Å². The molecule has 0 spiro atoms. The average Bonchev–Trinajstić information content (AvgIpc) is 3.13. The fourth-order valence-electron chi connectivity index (χ4n) is 6.14. The number of aryl methyl sites for hydroxylation is 2. The number of anilines is 2. The number of nitrogens with one attached hydrogen (secondary N) is 2. The van der Waals surface area contributed by atoms with Crippen LogP contribution in [0.4, 0.5) is 11.6 Å². The number of nitriles is 1. The molecule has 5 rings (SSSR count). The molecule has 0 unspecified atom stereocenters. The lowest BCUT2D eigenvalue weighted by Gasteiger charge is -2.42. The highest BCUT2D eigenvalue weighted by Crippen LogP contribution is 2.38. The molecule has 1 aliphatic heterocycles. The number of hydrogen-bond donors (Lipinski definition) is 2. The first-order valence-electron chi connectivity index (χ1n) is 16.5. The SMILES string of the molecule is CCN1CCN(C(C)(C)C=C(C#N)C(=O)Nc2ccc(CCn3c(=O)c(-c4cc(OC)cc(OC)c4Cl)cc4cnc(NC)nc43)cc2)CC1. The third-order valence-corrected chi connectivity index (χ3v) is 9.53. The van der Waals surface area contributed by atoms with Crippen molar-refractivity contribution in [3.05, 3.63) is 81.3 Å². The Bertz CT molecular complexity index is 1990. The molecule has 0 saturated carbocycles. The highest BCUT2D eigenvalue weighted by Gasteiger charge is 2.29. The van der Waals surface area contributed by atoms with Crippen LogP contribution in [0.5, 0.6) is 11.5 Å². The van der Waals surface area contributed by atoms with Crippen LogP contribution in [0, 0.1) is 11.3 Å². The van der Waals surface area contributed by atoms with Crippen LogP contribution in [0.3, 0.4) is 0 Å². The summed E-state index contributed by atoms with van der Waals surface area (Å²) in [4.78, 5) is 40.9. The second kappa shape index (κ2) is 15.7. The van der Waals surface area contributed by atoms with Crippen LogP contribution in [0.25, 0.3) is 22.2 Å². The Balaban J connectivity index is 1.36. The van der Waals surface area contributed by atoms with Crippen LogP contribution >= 0.6 is 11.6 Å². The van der Waals surface area contributed by atoms with Crippen LogP contribution in [-0.2, 0) is 17.8 Å². The number of rotatable bonds is 12. The number of carbonyl (C=O) groups excluding carboxylic acids is 1. The van der Waals surface area contributed by atoms with Gasteiger partial charge in [0.05, 0.1) is 19.2 Å². The van der Waals surface area contributed by atoms with Crippen LogP contribution in [-0.4, -0.2) is 89.8 Å². The predicted molar refractivity (Wildman–Crippen MR) is 197 cm³/mol. The quantitative estimate of drug-likeness (QED) is 0.150. The fourth-order valence-corrected chi connectivity index (χ4v) is 6.43. The third-order valence-electron chi connectivity index (χ3n) is 9.14. The molecule has 2 N–H and O–H groups in total. The van der Waals surface area contributed by atoms with Gasteiger partial charge in [-0.2, -0.15) is 10.2 Å². The number of ether oxygens (including phenoxy) is 2. The fraction of sp³-hybridized carbons (Fsp3) is 0.378. The van der Waals surface area contributed by atoms with E-state index >= 15 is 0 Å². The van der Waals surface area contributed by atoms with Crippen LogP contribution in [0.15, 0.2) is 65.1 Å². The van der Waals surface area contributed by atoms with Gasteiger partial charge in [-0.25, -0.2) is 4.98 Å². The second-order valence-corrected chi connectivity index (χ2v) is 13.0. The maximum atomic E-state index is 14.1. The average molecular weight is 699 g/mol. The lowest BCUT2D eigenvalue weighted by Crippen LogP contribution is -2.54. The minimum atomic E-state index is -0.455. The van der Waals surface area contributed by atoms with E-state index in [4.69, 9.17) is 21.1 Å². The number of pyridine rings is 1. The molecular weight excluding hydrogens is 656 g/mol. The van der Waals surface area contributed by atoms with Gasteiger partial charge < -0.3 is 25.0 Å². The van der Waals surface area contributed by atoms with E-state index in [1.165, 1.54) is 14.2 Å². The Morgan fingerprint density at radius 3 is 2.42 bits per heavy atom. The number of halogens is 1. The standard InChI is InChI=1S/C37H43ClN8O4/c1-7-44-14-16-45(17-15-44)37(2,3)21-26(22-39)34(47)42-27-10-8-24(9-11-27)12-13-46-33-25(23-41-36(40-4)43-33)18-30(35(46)48)29-19-28(49-5)20-31(50-6)32(29)38/h8-11,18-21,23H,7,12-17H2,1-6H3,(H,42,47)(H,40,41,43). The number of fused-ring (bicyclic) bond motifs is 1. The van der Waals surface area contributed by atoms with Gasteiger partial charge in [0.1, 0.15) is 28.8 Å². The molecule has 262 valence electrons. The highest BCUT2D eigenvalue weighted by molar-refractivity contribution is 6.35. The van der Waals surface area contributed by atoms with Crippen molar-refractivity contribution in [1.82, 2.24) is 24.3 Å². The molecule has 1 fully saturated rings. The lowest BCUT2D eigenvalue weighted by molar-refractivity contribution is -0.112. The van der Waals surface area contributed by atoms with Gasteiger partial charge in [0, 0.05) is 79.8 Å². The van der Waals surface area contributed by atoms with Gasteiger partial charge >= 0.3 is 0 Å². The van der Waals surface area contributed by atoms with Gasteiger partial charge in [-0.15, -0.1) is 0 Å². The number of likely N-dealkylation sites (N-methyl/N-ethyl adjacent to an activating group) is 1. The van der Waals surface area contributed by atoms with E-state index in [-0.39, 0.29) is 16.2 Å². The number of benzene rings is 2. The normalized spacial score (nSPS) is 14.3. The maximum absolute atomic E-state index is 14.1. The molecule has 2 aromatic heterocycles. The van der Waals surface area contributed by atoms with Crippen LogP contribution in [0.2, 0.25) is 5.02 Å². The van der Waals surface area contributed by atoms with Crippen molar-refractivity contribution in [3.8, 4) is 28.7 Å². The molecule has 50 heavy (non-hydrogen) atoms. The minimum absolute atomic E-state index is 0.0693. The molecule has 1 aliphatic rings. The first-order chi connectivity index (χ1) is 24.0. The first kappa shape index (κ1) is 36.3. The Morgan fingerprint density at radius 1 is 1.08 bits per heavy atom. The zero-order chi connectivity index (χ0) is 36.0. The van der Waals surface area contributed by atoms with Crippen molar-refractivity contribution < 1.29 is 14.3 Å². The molecule has 3 heterocycles. The van der Waals surface area contributed by atoms with E-state index in [2.05, 4.69) is 43.4 Å². The van der Waals surface area contributed by atoms with Gasteiger partial charge in [0.2, 0.25) is 5.95 Å². The van der Waals surface area contributed by atoms with Gasteiger partial charge in [0.15, 0.2) is 0 Å². The van der Waals surface area contributed by atoms with Crippen molar-refractivity contribution >= 4 is 40.2 Å². The molecule has 0 radical (unpaired) electrons. The molecule has 1 saturated heterocycles. The third kappa shape index (κ3) is 7.91. The van der Waals surface area contributed by atoms with E-state index in [9.17, 15) is 14.9 Å². The Hall–Kier alpha value is -4.96. The highest BCUT2D eigenvalue weighted by atomic mass is 35.5. The number of amides is 1.